The first-order chi connectivity index (χ1) is 9.69. The zero-order valence-electron chi connectivity index (χ0n) is 12.7. The predicted octanol–water partition coefficient (Wildman–Crippen LogP) is 2.63. The van der Waals surface area contributed by atoms with Crippen LogP contribution in [0.25, 0.3) is 5.65 Å². The van der Waals surface area contributed by atoms with E-state index in [0.717, 1.165) is 30.7 Å². The predicted molar refractivity (Wildman–Crippen MR) is 81.8 cm³/mol. The third-order valence-corrected chi connectivity index (χ3v) is 3.94. The summed E-state index contributed by atoms with van der Waals surface area (Å²) in [5.74, 6) is 0. The van der Waals surface area contributed by atoms with Gasteiger partial charge in [0.15, 0.2) is 0 Å². The van der Waals surface area contributed by atoms with Crippen LogP contribution >= 0.6 is 0 Å². The number of aliphatic hydroxyl groups is 1. The summed E-state index contributed by atoms with van der Waals surface area (Å²) in [7, 11) is 0. The average molecular weight is 275 g/mol. The molecule has 0 saturated heterocycles. The molecule has 4 heteroatoms. The van der Waals surface area contributed by atoms with Crippen molar-refractivity contribution in [2.45, 2.75) is 46.2 Å². The van der Waals surface area contributed by atoms with Gasteiger partial charge >= 0.3 is 0 Å². The molecule has 2 aromatic heterocycles. The van der Waals surface area contributed by atoms with Gasteiger partial charge in [-0.25, -0.2) is 4.98 Å². The zero-order chi connectivity index (χ0) is 14.5. The van der Waals surface area contributed by atoms with E-state index in [2.05, 4.69) is 42.3 Å². The van der Waals surface area contributed by atoms with E-state index in [4.69, 9.17) is 4.98 Å². The fraction of sp³-hybridized carbons (Fsp3) is 0.562. The molecular weight excluding hydrogens is 250 g/mol. The highest BCUT2D eigenvalue weighted by molar-refractivity contribution is 5.47. The molecule has 1 N–H and O–H groups in total. The third-order valence-electron chi connectivity index (χ3n) is 3.94. The van der Waals surface area contributed by atoms with E-state index < -0.39 is 0 Å². The molecule has 4 nitrogen and oxygen atoms in total. The quantitative estimate of drug-likeness (QED) is 0.844. The molecule has 110 valence electrons. The van der Waals surface area contributed by atoms with Crippen molar-refractivity contribution < 1.29 is 5.11 Å². The van der Waals surface area contributed by atoms with Gasteiger partial charge in [0.2, 0.25) is 0 Å². The molecule has 0 unspecified atom stereocenters. The Labute approximate surface area is 121 Å². The van der Waals surface area contributed by atoms with Crippen LogP contribution in [0, 0.1) is 6.92 Å². The molecule has 0 fully saturated rings. The summed E-state index contributed by atoms with van der Waals surface area (Å²) in [6.45, 7) is 8.19. The highest BCUT2D eigenvalue weighted by Crippen LogP contribution is 2.15. The van der Waals surface area contributed by atoms with Gasteiger partial charge in [-0.15, -0.1) is 0 Å². The van der Waals surface area contributed by atoms with Crippen molar-refractivity contribution in [3.05, 3.63) is 35.8 Å². The Bertz CT molecular complexity index is 546. The fourth-order valence-electron chi connectivity index (χ4n) is 2.81. The van der Waals surface area contributed by atoms with Gasteiger partial charge in [-0.1, -0.05) is 19.9 Å². The lowest BCUT2D eigenvalue weighted by molar-refractivity contribution is 0.135. The largest absolute Gasteiger partial charge is 0.395 e. The molecule has 0 radical (unpaired) electrons. The first-order valence-corrected chi connectivity index (χ1v) is 7.47. The van der Waals surface area contributed by atoms with Gasteiger partial charge in [0.05, 0.1) is 12.3 Å². The number of fused-ring (bicyclic) bond motifs is 1. The van der Waals surface area contributed by atoms with Crippen molar-refractivity contribution in [2.75, 3.05) is 13.2 Å². The molecule has 0 amide bonds. The van der Waals surface area contributed by atoms with Gasteiger partial charge in [-0.2, -0.15) is 0 Å². The van der Waals surface area contributed by atoms with Crippen molar-refractivity contribution in [3.8, 4) is 0 Å². The van der Waals surface area contributed by atoms with Crippen LogP contribution < -0.4 is 0 Å². The molecule has 0 saturated carbocycles. The number of aromatic nitrogens is 2. The van der Waals surface area contributed by atoms with Crippen LogP contribution in [0.15, 0.2) is 24.5 Å². The van der Waals surface area contributed by atoms with E-state index >= 15 is 0 Å². The topological polar surface area (TPSA) is 40.8 Å². The maximum atomic E-state index is 9.27. The smallest absolute Gasteiger partial charge is 0.139 e. The van der Waals surface area contributed by atoms with Crippen LogP contribution in [0.1, 0.15) is 37.9 Å². The van der Waals surface area contributed by atoms with Crippen molar-refractivity contribution >= 4 is 5.65 Å². The average Bonchev–Trinajstić information content (AvgIpc) is 2.84. The molecule has 0 spiro atoms. The van der Waals surface area contributed by atoms with Gasteiger partial charge in [0.25, 0.3) is 0 Å². The van der Waals surface area contributed by atoms with E-state index in [1.807, 2.05) is 12.3 Å². The summed E-state index contributed by atoms with van der Waals surface area (Å²) in [6, 6.07) is 4.63. The highest BCUT2D eigenvalue weighted by Gasteiger charge is 2.16. The Morgan fingerprint density at radius 3 is 2.70 bits per heavy atom. The minimum absolute atomic E-state index is 0.197. The number of aliphatic hydroxyl groups excluding tert-OH is 1. The van der Waals surface area contributed by atoms with Crippen LogP contribution in [0.3, 0.4) is 0 Å². The monoisotopic (exact) mass is 275 g/mol. The number of pyridine rings is 1. The van der Waals surface area contributed by atoms with Crippen LogP contribution in [0.2, 0.25) is 0 Å². The molecular formula is C16H25N3O. The summed E-state index contributed by atoms with van der Waals surface area (Å²) in [6.07, 6.45) is 6.33. The second-order valence-corrected chi connectivity index (χ2v) is 5.32. The number of nitrogens with zero attached hydrogens (tertiary/aromatic N) is 3. The number of rotatable bonds is 7. The van der Waals surface area contributed by atoms with E-state index in [1.54, 1.807) is 0 Å². The minimum atomic E-state index is 0.197. The number of hydrogen-bond acceptors (Lipinski definition) is 3. The lowest BCUT2D eigenvalue weighted by Crippen LogP contribution is -2.36. The Hall–Kier alpha value is -1.39. The van der Waals surface area contributed by atoms with E-state index in [0.29, 0.717) is 12.6 Å². The molecule has 0 bridgehead atoms. The Morgan fingerprint density at radius 2 is 2.10 bits per heavy atom. The minimum Gasteiger partial charge on any atom is -0.395 e. The third kappa shape index (κ3) is 3.19. The lowest BCUT2D eigenvalue weighted by Gasteiger charge is -2.28. The molecule has 0 atom stereocenters. The van der Waals surface area contributed by atoms with Crippen LogP contribution in [0.5, 0.6) is 0 Å². The second-order valence-electron chi connectivity index (χ2n) is 5.32. The SMILES string of the molecule is CCC(CC)N(CCO)Cc1cn2cccc(C)c2n1. The summed E-state index contributed by atoms with van der Waals surface area (Å²) < 4.78 is 2.08. The van der Waals surface area contributed by atoms with Gasteiger partial charge in [0.1, 0.15) is 5.65 Å². The summed E-state index contributed by atoms with van der Waals surface area (Å²) >= 11 is 0. The second kappa shape index (κ2) is 6.86. The summed E-state index contributed by atoms with van der Waals surface area (Å²) in [4.78, 5) is 7.06. The van der Waals surface area contributed by atoms with Gasteiger partial charge in [-0.05, 0) is 31.4 Å². The molecule has 0 aliphatic carbocycles. The lowest BCUT2D eigenvalue weighted by atomic mass is 10.1. The van der Waals surface area contributed by atoms with E-state index in [1.165, 1.54) is 5.56 Å². The van der Waals surface area contributed by atoms with Gasteiger partial charge in [-0.3, -0.25) is 4.90 Å². The maximum absolute atomic E-state index is 9.27. The number of hydrogen-bond donors (Lipinski definition) is 1. The Morgan fingerprint density at radius 1 is 1.35 bits per heavy atom. The molecule has 0 aromatic carbocycles. The molecule has 2 rings (SSSR count). The van der Waals surface area contributed by atoms with Crippen molar-refractivity contribution in [1.29, 1.82) is 0 Å². The zero-order valence-corrected chi connectivity index (χ0v) is 12.7. The highest BCUT2D eigenvalue weighted by atomic mass is 16.3. The van der Waals surface area contributed by atoms with Gasteiger partial charge in [0, 0.05) is 31.5 Å². The molecule has 0 aliphatic heterocycles. The molecule has 2 heterocycles. The summed E-state index contributed by atoms with van der Waals surface area (Å²) in [5.41, 5.74) is 3.28. The maximum Gasteiger partial charge on any atom is 0.139 e. The van der Waals surface area contributed by atoms with Crippen LogP contribution in [-0.2, 0) is 6.54 Å². The van der Waals surface area contributed by atoms with Gasteiger partial charge < -0.3 is 9.51 Å². The molecule has 20 heavy (non-hydrogen) atoms. The van der Waals surface area contributed by atoms with Crippen LogP contribution in [0.4, 0.5) is 0 Å². The first kappa shape index (κ1) is 15.0. The van der Waals surface area contributed by atoms with Crippen molar-refractivity contribution in [1.82, 2.24) is 14.3 Å². The Kier molecular flexibility index (Phi) is 5.15. The number of aryl methyl sites for hydroxylation is 1. The van der Waals surface area contributed by atoms with Crippen LogP contribution in [-0.4, -0.2) is 38.6 Å². The fourth-order valence-corrected chi connectivity index (χ4v) is 2.81. The molecule has 2 aromatic rings. The molecule has 0 aliphatic rings. The Balaban J connectivity index is 2.21. The summed E-state index contributed by atoms with van der Waals surface area (Å²) in [5, 5.41) is 9.27. The standard InChI is InChI=1S/C16H25N3O/c1-4-15(5-2)18(9-10-20)11-14-12-19-8-6-7-13(3)16(19)17-14/h6-8,12,15,20H,4-5,9-11H2,1-3H3. The number of imidazole rings is 1. The first-order valence-electron chi connectivity index (χ1n) is 7.47. The van der Waals surface area contributed by atoms with E-state index in [-0.39, 0.29) is 6.61 Å². The van der Waals surface area contributed by atoms with E-state index in [9.17, 15) is 5.11 Å². The van der Waals surface area contributed by atoms with Crippen molar-refractivity contribution in [3.63, 3.8) is 0 Å². The normalized spacial score (nSPS) is 11.9. The van der Waals surface area contributed by atoms with Crippen molar-refractivity contribution in [2.24, 2.45) is 0 Å².